The molecule has 1 aromatic heterocycles. The van der Waals surface area contributed by atoms with Crippen LogP contribution in [-0.2, 0) is 5.60 Å². The lowest BCUT2D eigenvalue weighted by Gasteiger charge is -2.22. The van der Waals surface area contributed by atoms with Crippen LogP contribution in [0.4, 0.5) is 11.6 Å². The molecular formula is C13H16N4OS. The van der Waals surface area contributed by atoms with Gasteiger partial charge in [-0.1, -0.05) is 42.1 Å². The molecule has 0 spiro atoms. The Kier molecular flexibility index (Phi) is 3.92. The van der Waals surface area contributed by atoms with Crippen LogP contribution in [0.15, 0.2) is 41.6 Å². The number of thioether (sulfide) groups is 1. The van der Waals surface area contributed by atoms with E-state index < -0.39 is 5.60 Å². The lowest BCUT2D eigenvalue weighted by molar-refractivity contribution is 0.0839. The quantitative estimate of drug-likeness (QED) is 0.580. The molecule has 5 nitrogen and oxygen atoms in total. The number of benzene rings is 1. The van der Waals surface area contributed by atoms with Crippen LogP contribution in [0.25, 0.3) is 0 Å². The molecule has 6 heteroatoms. The van der Waals surface area contributed by atoms with Gasteiger partial charge < -0.3 is 16.6 Å². The molecule has 0 saturated carbocycles. The predicted molar refractivity (Wildman–Crippen MR) is 77.6 cm³/mol. The van der Waals surface area contributed by atoms with Gasteiger partial charge in [-0.05, 0) is 12.5 Å². The number of rotatable bonds is 4. The number of nitrogens with two attached hydrogens (primary N) is 2. The van der Waals surface area contributed by atoms with Crippen LogP contribution in [0.3, 0.4) is 0 Å². The largest absolute Gasteiger partial charge is 0.385 e. The summed E-state index contributed by atoms with van der Waals surface area (Å²) in [5.41, 5.74) is 11.1. The SMILES string of the molecule is CC(O)(CSc1nc(N)cc(N)n1)c1ccccc1. The number of hydrogen-bond acceptors (Lipinski definition) is 6. The molecule has 2 rings (SSSR count). The van der Waals surface area contributed by atoms with Gasteiger partial charge in [0.25, 0.3) is 0 Å². The van der Waals surface area contributed by atoms with Gasteiger partial charge in [-0.2, -0.15) is 0 Å². The summed E-state index contributed by atoms with van der Waals surface area (Å²) in [5, 5.41) is 10.9. The van der Waals surface area contributed by atoms with E-state index in [1.165, 1.54) is 17.8 Å². The Morgan fingerprint density at radius 2 is 1.74 bits per heavy atom. The van der Waals surface area contributed by atoms with E-state index in [1.807, 2.05) is 30.3 Å². The maximum absolute atomic E-state index is 10.4. The molecule has 5 N–H and O–H groups in total. The van der Waals surface area contributed by atoms with Crippen molar-refractivity contribution >= 4 is 23.4 Å². The Bertz CT molecular complexity index is 540. The molecule has 0 aliphatic carbocycles. The molecule has 0 aliphatic rings. The Balaban J connectivity index is 2.09. The van der Waals surface area contributed by atoms with Crippen molar-refractivity contribution in [2.24, 2.45) is 0 Å². The van der Waals surface area contributed by atoms with E-state index in [1.54, 1.807) is 6.92 Å². The van der Waals surface area contributed by atoms with Crippen molar-refractivity contribution in [3.8, 4) is 0 Å². The number of aromatic nitrogens is 2. The minimum atomic E-state index is -0.964. The van der Waals surface area contributed by atoms with Gasteiger partial charge in [-0.25, -0.2) is 9.97 Å². The predicted octanol–water partition coefficient (Wildman–Crippen LogP) is 1.64. The smallest absolute Gasteiger partial charge is 0.191 e. The van der Waals surface area contributed by atoms with Crippen molar-refractivity contribution in [1.82, 2.24) is 9.97 Å². The van der Waals surface area contributed by atoms with Crippen LogP contribution < -0.4 is 11.5 Å². The molecule has 0 fully saturated rings. The second-order valence-corrected chi connectivity index (χ2v) is 5.37. The van der Waals surface area contributed by atoms with E-state index in [0.717, 1.165) is 5.56 Å². The molecule has 0 aliphatic heterocycles. The molecule has 1 heterocycles. The Hall–Kier alpha value is -1.79. The summed E-state index contributed by atoms with van der Waals surface area (Å²) in [4.78, 5) is 8.14. The van der Waals surface area contributed by atoms with Gasteiger partial charge in [0, 0.05) is 11.8 Å². The second kappa shape index (κ2) is 5.46. The third-order valence-corrected chi connectivity index (χ3v) is 3.77. The number of nitrogen functional groups attached to an aromatic ring is 2. The monoisotopic (exact) mass is 276 g/mol. The maximum Gasteiger partial charge on any atom is 0.191 e. The molecule has 19 heavy (non-hydrogen) atoms. The zero-order valence-corrected chi connectivity index (χ0v) is 11.4. The van der Waals surface area contributed by atoms with Crippen molar-refractivity contribution in [3.63, 3.8) is 0 Å². The van der Waals surface area contributed by atoms with Gasteiger partial charge in [0.2, 0.25) is 0 Å². The van der Waals surface area contributed by atoms with Crippen molar-refractivity contribution in [2.45, 2.75) is 17.7 Å². The molecule has 1 aromatic carbocycles. The average Bonchev–Trinajstić information content (AvgIpc) is 2.37. The summed E-state index contributed by atoms with van der Waals surface area (Å²) in [6.07, 6.45) is 0. The number of anilines is 2. The highest BCUT2D eigenvalue weighted by atomic mass is 32.2. The molecule has 0 amide bonds. The summed E-state index contributed by atoms with van der Waals surface area (Å²) in [6.45, 7) is 1.75. The minimum absolute atomic E-state index is 0.328. The molecule has 0 bridgehead atoms. The average molecular weight is 276 g/mol. The first-order valence-electron chi connectivity index (χ1n) is 5.78. The molecule has 2 aromatic rings. The van der Waals surface area contributed by atoms with Gasteiger partial charge in [-0.15, -0.1) is 0 Å². The maximum atomic E-state index is 10.4. The normalized spacial score (nSPS) is 14.0. The highest BCUT2D eigenvalue weighted by molar-refractivity contribution is 7.99. The van der Waals surface area contributed by atoms with Gasteiger partial charge >= 0.3 is 0 Å². The van der Waals surface area contributed by atoms with Crippen LogP contribution in [0.1, 0.15) is 12.5 Å². The van der Waals surface area contributed by atoms with Crippen molar-refractivity contribution in [1.29, 1.82) is 0 Å². The Labute approximate surface area is 116 Å². The summed E-state index contributed by atoms with van der Waals surface area (Å²) < 4.78 is 0. The first-order chi connectivity index (χ1) is 8.97. The van der Waals surface area contributed by atoms with Crippen LogP contribution in [-0.4, -0.2) is 20.8 Å². The highest BCUT2D eigenvalue weighted by Crippen LogP contribution is 2.28. The van der Waals surface area contributed by atoms with E-state index in [9.17, 15) is 5.11 Å². The van der Waals surface area contributed by atoms with E-state index >= 15 is 0 Å². The lowest BCUT2D eigenvalue weighted by atomic mass is 9.99. The zero-order chi connectivity index (χ0) is 13.9. The molecule has 0 saturated heterocycles. The van der Waals surface area contributed by atoms with Gasteiger partial charge in [0.05, 0.1) is 5.60 Å². The second-order valence-electron chi connectivity index (χ2n) is 4.43. The standard InChI is InChI=1S/C13H16N4OS/c1-13(18,9-5-3-2-4-6-9)8-19-12-16-10(14)7-11(15)17-12/h2-7,18H,8H2,1H3,(H4,14,15,16,17). The number of hydrogen-bond donors (Lipinski definition) is 3. The van der Waals surface area contributed by atoms with Crippen molar-refractivity contribution in [3.05, 3.63) is 42.0 Å². The zero-order valence-electron chi connectivity index (χ0n) is 10.6. The number of nitrogens with zero attached hydrogens (tertiary/aromatic N) is 2. The highest BCUT2D eigenvalue weighted by Gasteiger charge is 2.23. The Morgan fingerprint density at radius 1 is 1.16 bits per heavy atom. The van der Waals surface area contributed by atoms with Crippen molar-refractivity contribution in [2.75, 3.05) is 17.2 Å². The first-order valence-corrected chi connectivity index (χ1v) is 6.77. The fraction of sp³-hybridized carbons (Fsp3) is 0.231. The topological polar surface area (TPSA) is 98.0 Å². The van der Waals surface area contributed by atoms with Crippen LogP contribution >= 0.6 is 11.8 Å². The summed E-state index contributed by atoms with van der Waals surface area (Å²) in [7, 11) is 0. The van der Waals surface area contributed by atoms with Crippen LogP contribution in [0.5, 0.6) is 0 Å². The van der Waals surface area contributed by atoms with Gasteiger partial charge in [0.1, 0.15) is 11.6 Å². The van der Waals surface area contributed by atoms with Gasteiger partial charge in [-0.3, -0.25) is 0 Å². The van der Waals surface area contributed by atoms with E-state index in [2.05, 4.69) is 9.97 Å². The minimum Gasteiger partial charge on any atom is -0.385 e. The molecule has 100 valence electrons. The van der Waals surface area contributed by atoms with E-state index in [4.69, 9.17) is 11.5 Å². The van der Waals surface area contributed by atoms with Crippen LogP contribution in [0.2, 0.25) is 0 Å². The Morgan fingerprint density at radius 3 is 2.32 bits per heavy atom. The molecule has 1 unspecified atom stereocenters. The lowest BCUT2D eigenvalue weighted by Crippen LogP contribution is -2.24. The summed E-state index contributed by atoms with van der Waals surface area (Å²) in [5.74, 6) is 1.07. The molecule has 1 atom stereocenters. The van der Waals surface area contributed by atoms with Crippen molar-refractivity contribution < 1.29 is 5.11 Å². The fourth-order valence-corrected chi connectivity index (χ4v) is 2.53. The summed E-state index contributed by atoms with van der Waals surface area (Å²) in [6, 6.07) is 11.0. The first kappa shape index (κ1) is 13.6. The van der Waals surface area contributed by atoms with Gasteiger partial charge in [0.15, 0.2) is 5.16 Å². The third kappa shape index (κ3) is 3.59. The molecule has 0 radical (unpaired) electrons. The summed E-state index contributed by atoms with van der Waals surface area (Å²) >= 11 is 1.32. The molecular weight excluding hydrogens is 260 g/mol. The van der Waals surface area contributed by atoms with E-state index in [-0.39, 0.29) is 0 Å². The van der Waals surface area contributed by atoms with Crippen LogP contribution in [0, 0.1) is 0 Å². The third-order valence-electron chi connectivity index (χ3n) is 2.62. The number of aliphatic hydroxyl groups is 1. The van der Waals surface area contributed by atoms with E-state index in [0.29, 0.717) is 22.5 Å². The fourth-order valence-electron chi connectivity index (χ4n) is 1.61.